The molecule has 0 saturated carbocycles. The number of methoxy groups -OCH3 is 1. The molecule has 0 aromatic heterocycles. The maximum atomic E-state index is 13.5. The maximum Gasteiger partial charge on any atom is 0.131 e. The fraction of sp³-hybridized carbons (Fsp3) is 0.571. The van der Waals surface area contributed by atoms with Gasteiger partial charge < -0.3 is 15.2 Å². The van der Waals surface area contributed by atoms with Crippen LogP contribution in [0.2, 0.25) is 0 Å². The van der Waals surface area contributed by atoms with Crippen LogP contribution in [0.3, 0.4) is 0 Å². The van der Waals surface area contributed by atoms with Crippen LogP contribution in [0.1, 0.15) is 25.5 Å². The molecule has 108 valence electrons. The van der Waals surface area contributed by atoms with E-state index < -0.39 is 17.7 Å². The Kier molecular flexibility index (Phi) is 6.34. The molecule has 2 atom stereocenters. The Bertz CT molecular complexity index is 379. The third-order valence-corrected chi connectivity index (χ3v) is 3.06. The summed E-state index contributed by atoms with van der Waals surface area (Å²) < 4.78 is 32.0. The number of nitrogens with one attached hydrogen (secondary N) is 1. The largest absolute Gasteiger partial charge is 0.387 e. The standard InChI is InChI=1S/C14H21F2NO2/c1-9(2)12(8-19-3)17-7-13(18)14-10(15)5-4-6-11(14)16/h4-6,9,12-13,17-18H,7-8H2,1-3H3. The maximum absolute atomic E-state index is 13.5. The number of rotatable bonds is 7. The van der Waals surface area contributed by atoms with Crippen LogP contribution in [0.5, 0.6) is 0 Å². The van der Waals surface area contributed by atoms with Crippen molar-refractivity contribution in [2.75, 3.05) is 20.3 Å². The number of aliphatic hydroxyl groups excluding tert-OH is 1. The van der Waals surface area contributed by atoms with Crippen LogP contribution in [0.15, 0.2) is 18.2 Å². The van der Waals surface area contributed by atoms with E-state index in [0.717, 1.165) is 12.1 Å². The highest BCUT2D eigenvalue weighted by molar-refractivity contribution is 5.22. The van der Waals surface area contributed by atoms with Gasteiger partial charge in [0.05, 0.1) is 18.3 Å². The zero-order chi connectivity index (χ0) is 14.4. The first kappa shape index (κ1) is 16.0. The van der Waals surface area contributed by atoms with Crippen molar-refractivity contribution in [1.82, 2.24) is 5.32 Å². The van der Waals surface area contributed by atoms with E-state index >= 15 is 0 Å². The Hall–Kier alpha value is -1.04. The summed E-state index contributed by atoms with van der Waals surface area (Å²) in [6.45, 7) is 4.56. The van der Waals surface area contributed by atoms with Gasteiger partial charge in [-0.2, -0.15) is 0 Å². The van der Waals surface area contributed by atoms with Crippen molar-refractivity contribution in [1.29, 1.82) is 0 Å². The van der Waals surface area contributed by atoms with Crippen molar-refractivity contribution < 1.29 is 18.6 Å². The molecule has 1 aromatic carbocycles. The second-order valence-corrected chi connectivity index (χ2v) is 4.87. The van der Waals surface area contributed by atoms with Gasteiger partial charge in [0.1, 0.15) is 11.6 Å². The number of aliphatic hydroxyl groups is 1. The van der Waals surface area contributed by atoms with E-state index in [0.29, 0.717) is 6.61 Å². The van der Waals surface area contributed by atoms with Gasteiger partial charge in [0, 0.05) is 19.7 Å². The third kappa shape index (κ3) is 4.53. The summed E-state index contributed by atoms with van der Waals surface area (Å²) in [6, 6.07) is 3.57. The Labute approximate surface area is 112 Å². The fourth-order valence-corrected chi connectivity index (χ4v) is 1.86. The third-order valence-electron chi connectivity index (χ3n) is 3.06. The zero-order valence-corrected chi connectivity index (χ0v) is 11.5. The molecule has 0 aliphatic rings. The molecule has 0 aliphatic carbocycles. The van der Waals surface area contributed by atoms with E-state index in [1.54, 1.807) is 7.11 Å². The lowest BCUT2D eigenvalue weighted by atomic mass is 10.0. The second kappa shape index (κ2) is 7.53. The first-order valence-electron chi connectivity index (χ1n) is 6.31. The average molecular weight is 273 g/mol. The molecule has 0 amide bonds. The second-order valence-electron chi connectivity index (χ2n) is 4.87. The smallest absolute Gasteiger partial charge is 0.131 e. The normalized spacial score (nSPS) is 14.7. The minimum Gasteiger partial charge on any atom is -0.387 e. The highest BCUT2D eigenvalue weighted by atomic mass is 19.1. The lowest BCUT2D eigenvalue weighted by Gasteiger charge is -2.23. The van der Waals surface area contributed by atoms with Crippen molar-refractivity contribution in [3.05, 3.63) is 35.4 Å². The van der Waals surface area contributed by atoms with Crippen molar-refractivity contribution in [2.45, 2.75) is 26.0 Å². The Morgan fingerprint density at radius 3 is 2.32 bits per heavy atom. The minimum atomic E-state index is -1.22. The summed E-state index contributed by atoms with van der Waals surface area (Å²) in [5.41, 5.74) is -0.296. The molecule has 0 aliphatic heterocycles. The molecule has 0 fully saturated rings. The fourth-order valence-electron chi connectivity index (χ4n) is 1.86. The van der Waals surface area contributed by atoms with E-state index in [9.17, 15) is 13.9 Å². The predicted molar refractivity (Wildman–Crippen MR) is 69.8 cm³/mol. The molecule has 2 unspecified atom stereocenters. The van der Waals surface area contributed by atoms with Gasteiger partial charge in [-0.15, -0.1) is 0 Å². The molecule has 1 rings (SSSR count). The van der Waals surface area contributed by atoms with Crippen LogP contribution in [0, 0.1) is 17.6 Å². The van der Waals surface area contributed by atoms with Gasteiger partial charge in [-0.1, -0.05) is 19.9 Å². The predicted octanol–water partition coefficient (Wildman–Crippen LogP) is 2.26. The SMILES string of the molecule is COCC(NCC(O)c1c(F)cccc1F)C(C)C. The number of ether oxygens (including phenoxy) is 1. The average Bonchev–Trinajstić information content (AvgIpc) is 2.33. The first-order valence-corrected chi connectivity index (χ1v) is 6.31. The lowest BCUT2D eigenvalue weighted by molar-refractivity contribution is 0.121. The Balaban J connectivity index is 2.66. The molecule has 0 radical (unpaired) electrons. The van der Waals surface area contributed by atoms with E-state index in [-0.39, 0.29) is 24.1 Å². The molecule has 0 spiro atoms. The summed E-state index contributed by atoms with van der Waals surface area (Å²) in [7, 11) is 1.59. The van der Waals surface area contributed by atoms with Crippen molar-refractivity contribution >= 4 is 0 Å². The van der Waals surface area contributed by atoms with Gasteiger partial charge in [0.15, 0.2) is 0 Å². The van der Waals surface area contributed by atoms with Crippen LogP contribution < -0.4 is 5.32 Å². The van der Waals surface area contributed by atoms with Crippen LogP contribution in [0.25, 0.3) is 0 Å². The van der Waals surface area contributed by atoms with Crippen LogP contribution in [0.4, 0.5) is 8.78 Å². The lowest BCUT2D eigenvalue weighted by Crippen LogP contribution is -2.40. The highest BCUT2D eigenvalue weighted by Gasteiger charge is 2.20. The quantitative estimate of drug-likeness (QED) is 0.800. The van der Waals surface area contributed by atoms with E-state index in [4.69, 9.17) is 4.74 Å². The molecule has 1 aromatic rings. The molecule has 0 heterocycles. The van der Waals surface area contributed by atoms with Crippen LogP contribution in [-0.2, 0) is 4.74 Å². The van der Waals surface area contributed by atoms with E-state index in [1.807, 2.05) is 13.8 Å². The van der Waals surface area contributed by atoms with Gasteiger partial charge >= 0.3 is 0 Å². The Morgan fingerprint density at radius 2 is 1.84 bits per heavy atom. The monoisotopic (exact) mass is 273 g/mol. The summed E-state index contributed by atoms with van der Waals surface area (Å²) in [6.07, 6.45) is -1.22. The molecule has 5 heteroatoms. The summed E-state index contributed by atoms with van der Waals surface area (Å²) in [5, 5.41) is 13.0. The molecular weight excluding hydrogens is 252 g/mol. The summed E-state index contributed by atoms with van der Waals surface area (Å²) in [4.78, 5) is 0. The molecule has 0 bridgehead atoms. The van der Waals surface area contributed by atoms with Gasteiger partial charge in [0.25, 0.3) is 0 Å². The number of halogens is 2. The van der Waals surface area contributed by atoms with Crippen LogP contribution >= 0.6 is 0 Å². The summed E-state index contributed by atoms with van der Waals surface area (Å²) >= 11 is 0. The Morgan fingerprint density at radius 1 is 1.26 bits per heavy atom. The molecule has 2 N–H and O–H groups in total. The number of hydrogen-bond donors (Lipinski definition) is 2. The topological polar surface area (TPSA) is 41.5 Å². The van der Waals surface area contributed by atoms with Gasteiger partial charge in [-0.25, -0.2) is 8.78 Å². The first-order chi connectivity index (χ1) is 8.97. The van der Waals surface area contributed by atoms with Crippen molar-refractivity contribution in [2.24, 2.45) is 5.92 Å². The van der Waals surface area contributed by atoms with E-state index in [1.165, 1.54) is 6.07 Å². The molecular formula is C14H21F2NO2. The van der Waals surface area contributed by atoms with Crippen molar-refractivity contribution in [3.63, 3.8) is 0 Å². The van der Waals surface area contributed by atoms with E-state index in [2.05, 4.69) is 5.32 Å². The molecule has 3 nitrogen and oxygen atoms in total. The zero-order valence-electron chi connectivity index (χ0n) is 11.5. The highest BCUT2D eigenvalue weighted by Crippen LogP contribution is 2.20. The number of hydrogen-bond acceptors (Lipinski definition) is 3. The van der Waals surface area contributed by atoms with Gasteiger partial charge in [-0.05, 0) is 18.1 Å². The van der Waals surface area contributed by atoms with Crippen LogP contribution in [-0.4, -0.2) is 31.4 Å². The van der Waals surface area contributed by atoms with Gasteiger partial charge in [-0.3, -0.25) is 0 Å². The number of benzene rings is 1. The summed E-state index contributed by atoms with van der Waals surface area (Å²) in [5.74, 6) is -1.18. The molecule has 19 heavy (non-hydrogen) atoms. The molecule has 0 saturated heterocycles. The van der Waals surface area contributed by atoms with Crippen molar-refractivity contribution in [3.8, 4) is 0 Å². The minimum absolute atomic E-state index is 0.0227. The van der Waals surface area contributed by atoms with Gasteiger partial charge in [0.2, 0.25) is 0 Å².